The highest BCUT2D eigenvalue weighted by Gasteiger charge is 2.42. The molecule has 1 saturated heterocycles. The van der Waals surface area contributed by atoms with Crippen molar-refractivity contribution in [3.8, 4) is 0 Å². The lowest BCUT2D eigenvalue weighted by Crippen LogP contribution is -2.51. The van der Waals surface area contributed by atoms with Crippen LogP contribution in [-0.2, 0) is 17.5 Å². The van der Waals surface area contributed by atoms with Crippen LogP contribution >= 0.6 is 23.4 Å². The fraction of sp³-hybridized carbons (Fsp3) is 0.320. The van der Waals surface area contributed by atoms with Crippen LogP contribution in [0.2, 0.25) is 5.02 Å². The van der Waals surface area contributed by atoms with E-state index >= 15 is 0 Å². The standard InChI is InChI=1S/C25H22ClF3N4O2S/c26-17-7-6-15(18(11-17)25(27,28)29)13-32-20-8-5-14(9-16(20)12-31-32)10-22-23(34)33(24(35)36-22)21-4-2-1-3-19(21)30/h5-12,19,21H,1-4,13,30H2/b22-10-/t19-,21-/m0/s1. The average Bonchev–Trinajstić information content (AvgIpc) is 3.34. The van der Waals surface area contributed by atoms with E-state index in [1.165, 1.54) is 21.7 Å². The number of nitrogens with two attached hydrogens (primary N) is 1. The second kappa shape index (κ2) is 9.57. The van der Waals surface area contributed by atoms with Gasteiger partial charge < -0.3 is 5.73 Å². The SMILES string of the molecule is N[C@H]1CCCC[C@@H]1N1C(=O)S/C(=C\c2ccc3c(cnn3Cc3ccc(Cl)cc3C(F)(F)F)c2)C1=O. The molecule has 2 fully saturated rings. The van der Waals surface area contributed by atoms with Crippen LogP contribution in [0, 0.1) is 0 Å². The number of amides is 2. The first kappa shape index (κ1) is 24.9. The summed E-state index contributed by atoms with van der Waals surface area (Å²) in [6.07, 6.45) is 2.08. The van der Waals surface area contributed by atoms with Crippen molar-refractivity contribution in [2.24, 2.45) is 5.73 Å². The summed E-state index contributed by atoms with van der Waals surface area (Å²) in [4.78, 5) is 27.2. The molecule has 1 aromatic heterocycles. The Balaban J connectivity index is 1.40. The fourth-order valence-electron chi connectivity index (χ4n) is 4.81. The first-order valence-electron chi connectivity index (χ1n) is 11.5. The minimum Gasteiger partial charge on any atom is -0.326 e. The second-order valence-corrected chi connectivity index (χ2v) is 10.4. The number of hydrogen-bond acceptors (Lipinski definition) is 5. The summed E-state index contributed by atoms with van der Waals surface area (Å²) in [7, 11) is 0. The molecule has 11 heteroatoms. The fourth-order valence-corrected chi connectivity index (χ4v) is 5.87. The van der Waals surface area contributed by atoms with E-state index in [9.17, 15) is 22.8 Å². The van der Waals surface area contributed by atoms with Gasteiger partial charge in [-0.2, -0.15) is 18.3 Å². The molecule has 0 bridgehead atoms. The molecular formula is C25H22ClF3N4O2S. The van der Waals surface area contributed by atoms with Gasteiger partial charge in [0.15, 0.2) is 0 Å². The van der Waals surface area contributed by atoms with E-state index < -0.39 is 11.7 Å². The number of thioether (sulfide) groups is 1. The molecule has 5 rings (SSSR count). The van der Waals surface area contributed by atoms with Gasteiger partial charge in [0.2, 0.25) is 0 Å². The summed E-state index contributed by atoms with van der Waals surface area (Å²) in [5.41, 5.74) is 6.76. The highest BCUT2D eigenvalue weighted by Crippen LogP contribution is 2.37. The maximum atomic E-state index is 13.5. The Morgan fingerprint density at radius 2 is 1.92 bits per heavy atom. The highest BCUT2D eigenvalue weighted by molar-refractivity contribution is 8.18. The molecule has 2 aliphatic rings. The van der Waals surface area contributed by atoms with Crippen molar-refractivity contribution in [1.82, 2.24) is 14.7 Å². The first-order valence-corrected chi connectivity index (χ1v) is 12.6. The molecule has 0 unspecified atom stereocenters. The van der Waals surface area contributed by atoms with Gasteiger partial charge in [-0.15, -0.1) is 0 Å². The van der Waals surface area contributed by atoms with Gasteiger partial charge in [0, 0.05) is 16.5 Å². The summed E-state index contributed by atoms with van der Waals surface area (Å²) >= 11 is 6.68. The van der Waals surface area contributed by atoms with Gasteiger partial charge in [0.1, 0.15) is 0 Å². The molecular weight excluding hydrogens is 513 g/mol. The van der Waals surface area contributed by atoms with Crippen molar-refractivity contribution in [2.75, 3.05) is 0 Å². The summed E-state index contributed by atoms with van der Waals surface area (Å²) in [6, 6.07) is 8.44. The van der Waals surface area contributed by atoms with Crippen LogP contribution < -0.4 is 5.73 Å². The van der Waals surface area contributed by atoms with Gasteiger partial charge >= 0.3 is 6.18 Å². The van der Waals surface area contributed by atoms with Crippen molar-refractivity contribution >= 4 is 51.5 Å². The third kappa shape index (κ3) is 4.77. The Morgan fingerprint density at radius 1 is 1.14 bits per heavy atom. The van der Waals surface area contributed by atoms with Gasteiger partial charge in [-0.1, -0.05) is 36.6 Å². The average molecular weight is 535 g/mol. The number of halogens is 4. The largest absolute Gasteiger partial charge is 0.416 e. The molecule has 2 amide bonds. The normalized spacial score (nSPS) is 22.2. The summed E-state index contributed by atoms with van der Waals surface area (Å²) in [6.45, 7) is -0.0879. The number of hydrogen-bond donors (Lipinski definition) is 1. The van der Waals surface area contributed by atoms with E-state index in [-0.39, 0.29) is 40.4 Å². The van der Waals surface area contributed by atoms with Crippen LogP contribution in [0.15, 0.2) is 47.5 Å². The number of carbonyl (C=O) groups is 2. The van der Waals surface area contributed by atoms with Crippen molar-refractivity contribution in [3.63, 3.8) is 0 Å². The molecule has 2 heterocycles. The molecule has 2 atom stereocenters. The Morgan fingerprint density at radius 3 is 2.67 bits per heavy atom. The van der Waals surface area contributed by atoms with E-state index in [2.05, 4.69) is 5.10 Å². The number of aromatic nitrogens is 2. The second-order valence-electron chi connectivity index (χ2n) is 8.99. The van der Waals surface area contributed by atoms with Crippen LogP contribution in [-0.4, -0.2) is 37.9 Å². The van der Waals surface area contributed by atoms with Gasteiger partial charge in [0.25, 0.3) is 11.1 Å². The zero-order chi connectivity index (χ0) is 25.6. The molecule has 6 nitrogen and oxygen atoms in total. The van der Waals surface area contributed by atoms with Crippen LogP contribution in [0.4, 0.5) is 18.0 Å². The topological polar surface area (TPSA) is 81.2 Å². The molecule has 36 heavy (non-hydrogen) atoms. The predicted octanol–water partition coefficient (Wildman–Crippen LogP) is 6.06. The number of benzene rings is 2. The smallest absolute Gasteiger partial charge is 0.326 e. The lowest BCUT2D eigenvalue weighted by molar-refractivity contribution is -0.138. The van der Waals surface area contributed by atoms with Crippen molar-refractivity contribution < 1.29 is 22.8 Å². The zero-order valence-electron chi connectivity index (χ0n) is 19.0. The minimum atomic E-state index is -4.54. The summed E-state index contributed by atoms with van der Waals surface area (Å²) < 4.78 is 41.9. The molecule has 2 N–H and O–H groups in total. The predicted molar refractivity (Wildman–Crippen MR) is 133 cm³/mol. The van der Waals surface area contributed by atoms with Gasteiger partial charge in [0.05, 0.1) is 34.8 Å². The van der Waals surface area contributed by atoms with E-state index in [0.717, 1.165) is 37.1 Å². The Hall–Kier alpha value is -2.82. The number of carbonyl (C=O) groups excluding carboxylic acids is 2. The number of nitrogens with zero attached hydrogens (tertiary/aromatic N) is 3. The zero-order valence-corrected chi connectivity index (χ0v) is 20.5. The highest BCUT2D eigenvalue weighted by atomic mass is 35.5. The van der Waals surface area contributed by atoms with Crippen LogP contribution in [0.1, 0.15) is 42.4 Å². The minimum absolute atomic E-state index is 0.0101. The molecule has 3 aromatic rings. The van der Waals surface area contributed by atoms with Crippen LogP contribution in [0.5, 0.6) is 0 Å². The summed E-state index contributed by atoms with van der Waals surface area (Å²) in [5, 5.41) is 4.66. The maximum absolute atomic E-state index is 13.5. The van der Waals surface area contributed by atoms with E-state index in [1.54, 1.807) is 30.5 Å². The Kier molecular flexibility index (Phi) is 6.61. The Bertz CT molecular complexity index is 1390. The van der Waals surface area contributed by atoms with Crippen molar-refractivity contribution in [2.45, 2.75) is 50.5 Å². The quantitative estimate of drug-likeness (QED) is 0.411. The molecule has 1 saturated carbocycles. The van der Waals surface area contributed by atoms with Crippen molar-refractivity contribution in [3.05, 3.63) is 69.2 Å². The lowest BCUT2D eigenvalue weighted by Gasteiger charge is -2.33. The van der Waals surface area contributed by atoms with Gasteiger partial charge in [-0.3, -0.25) is 19.2 Å². The first-order chi connectivity index (χ1) is 17.1. The number of fused-ring (bicyclic) bond motifs is 1. The van der Waals surface area contributed by atoms with E-state index in [0.29, 0.717) is 27.8 Å². The van der Waals surface area contributed by atoms with Crippen LogP contribution in [0.3, 0.4) is 0 Å². The molecule has 0 spiro atoms. The molecule has 2 aromatic carbocycles. The monoisotopic (exact) mass is 534 g/mol. The third-order valence-electron chi connectivity index (χ3n) is 6.60. The number of imide groups is 1. The Labute approximate surface area is 214 Å². The number of alkyl halides is 3. The maximum Gasteiger partial charge on any atom is 0.416 e. The molecule has 0 radical (unpaired) electrons. The van der Waals surface area contributed by atoms with E-state index in [4.69, 9.17) is 17.3 Å². The molecule has 1 aliphatic carbocycles. The molecule has 188 valence electrons. The van der Waals surface area contributed by atoms with E-state index in [1.807, 2.05) is 0 Å². The lowest BCUT2D eigenvalue weighted by atomic mass is 9.90. The van der Waals surface area contributed by atoms with Gasteiger partial charge in [-0.05, 0) is 66.1 Å². The van der Waals surface area contributed by atoms with Crippen molar-refractivity contribution in [1.29, 1.82) is 0 Å². The third-order valence-corrected chi connectivity index (χ3v) is 7.72. The molecule has 1 aliphatic heterocycles. The summed E-state index contributed by atoms with van der Waals surface area (Å²) in [5.74, 6) is -0.342. The van der Waals surface area contributed by atoms with Gasteiger partial charge in [-0.25, -0.2) is 0 Å². The van der Waals surface area contributed by atoms with Crippen LogP contribution in [0.25, 0.3) is 17.0 Å². The number of rotatable bonds is 4.